The largest absolute Gasteiger partial charge is 0.385 e. The molecule has 2 aromatic rings. The number of hydrazine groups is 1. The van der Waals surface area contributed by atoms with Gasteiger partial charge in [0.05, 0.1) is 18.8 Å². The molecule has 8 heteroatoms. The van der Waals surface area contributed by atoms with E-state index in [1.54, 1.807) is 11.9 Å². The molecule has 1 heterocycles. The highest BCUT2D eigenvalue weighted by molar-refractivity contribution is 7.91. The smallest absolute Gasteiger partial charge is 0.150 e. The van der Waals surface area contributed by atoms with E-state index in [0.29, 0.717) is 13.0 Å². The summed E-state index contributed by atoms with van der Waals surface area (Å²) < 4.78 is 23.0. The lowest BCUT2D eigenvalue weighted by molar-refractivity contribution is 0.484. The Balaban J connectivity index is 0.00000300. The van der Waals surface area contributed by atoms with Crippen molar-refractivity contribution in [2.45, 2.75) is 19.8 Å². The molecule has 3 N–H and O–H groups in total. The third-order valence-corrected chi connectivity index (χ3v) is 6.64. The first-order chi connectivity index (χ1) is 13.5. The van der Waals surface area contributed by atoms with Crippen LogP contribution >= 0.6 is 12.4 Å². The molecule has 1 aliphatic rings. The highest BCUT2D eigenvalue weighted by atomic mass is 35.5. The fraction of sp³-hybridized carbons (Fsp3) is 0.381. The lowest BCUT2D eigenvalue weighted by atomic mass is 10.0. The van der Waals surface area contributed by atoms with Gasteiger partial charge in [-0.2, -0.15) is 0 Å². The van der Waals surface area contributed by atoms with Gasteiger partial charge in [0.15, 0.2) is 0 Å². The van der Waals surface area contributed by atoms with E-state index in [1.807, 2.05) is 12.1 Å². The molecule has 0 saturated heterocycles. The number of benzene rings is 2. The van der Waals surface area contributed by atoms with Crippen LogP contribution < -0.4 is 11.2 Å². The van der Waals surface area contributed by atoms with Gasteiger partial charge in [0.25, 0.3) is 0 Å². The summed E-state index contributed by atoms with van der Waals surface area (Å²) in [6, 6.07) is 16.6. The zero-order valence-electron chi connectivity index (χ0n) is 16.7. The number of nitrogens with zero attached hydrogens (tertiary/aromatic N) is 2. The standard InChI is InChI=1S/C21H28N4O2S.ClH/c1-2-28(26,27)15-3-12-23-20-10-6-18(7-11-20)16-17-4-8-19(9-5-17)21-24-13-14-25(21)22;/h4-11,23H,2-3,12-16,22H2,1H3;1H. The van der Waals surface area contributed by atoms with Gasteiger partial charge in [-0.25, -0.2) is 14.3 Å². The quantitative estimate of drug-likeness (QED) is 0.466. The average molecular weight is 437 g/mol. The third-order valence-electron chi connectivity index (χ3n) is 4.85. The molecule has 0 radical (unpaired) electrons. The molecule has 6 nitrogen and oxygen atoms in total. The molecule has 0 bridgehead atoms. The maximum Gasteiger partial charge on any atom is 0.150 e. The minimum atomic E-state index is -2.88. The minimum absolute atomic E-state index is 0. The van der Waals surface area contributed by atoms with E-state index in [4.69, 9.17) is 5.84 Å². The average Bonchev–Trinajstić information content (AvgIpc) is 3.13. The molecule has 0 aromatic heterocycles. The van der Waals surface area contributed by atoms with Crippen LogP contribution in [0.2, 0.25) is 0 Å². The van der Waals surface area contributed by atoms with Crippen molar-refractivity contribution in [1.29, 1.82) is 0 Å². The van der Waals surface area contributed by atoms with Crippen LogP contribution in [0.25, 0.3) is 0 Å². The summed E-state index contributed by atoms with van der Waals surface area (Å²) in [5, 5.41) is 4.97. The Morgan fingerprint density at radius 2 is 1.69 bits per heavy atom. The van der Waals surface area contributed by atoms with Crippen LogP contribution in [0, 0.1) is 0 Å². The van der Waals surface area contributed by atoms with Crippen molar-refractivity contribution in [2.75, 3.05) is 36.5 Å². The van der Waals surface area contributed by atoms with Crippen LogP contribution in [-0.4, -0.2) is 50.4 Å². The van der Waals surface area contributed by atoms with E-state index in [-0.39, 0.29) is 23.9 Å². The number of nitrogens with one attached hydrogen (secondary N) is 1. The lowest BCUT2D eigenvalue weighted by Crippen LogP contribution is -2.34. The first-order valence-corrected chi connectivity index (χ1v) is 11.5. The Labute approximate surface area is 179 Å². The van der Waals surface area contributed by atoms with Crippen LogP contribution in [-0.2, 0) is 16.3 Å². The van der Waals surface area contributed by atoms with Crippen LogP contribution in [0.4, 0.5) is 5.69 Å². The fourth-order valence-corrected chi connectivity index (χ4v) is 4.01. The second kappa shape index (κ2) is 10.6. The Bertz CT molecular complexity index is 913. The molecule has 0 fully saturated rings. The van der Waals surface area contributed by atoms with Gasteiger partial charge in [-0.15, -0.1) is 12.4 Å². The predicted octanol–water partition coefficient (Wildman–Crippen LogP) is 2.87. The Morgan fingerprint density at radius 1 is 1.07 bits per heavy atom. The number of rotatable bonds is 9. The van der Waals surface area contributed by atoms with E-state index in [2.05, 4.69) is 46.7 Å². The first kappa shape index (κ1) is 23.2. The lowest BCUT2D eigenvalue weighted by Gasteiger charge is -2.13. The van der Waals surface area contributed by atoms with Crippen molar-refractivity contribution in [3.8, 4) is 0 Å². The fourth-order valence-electron chi connectivity index (χ4n) is 3.13. The van der Waals surface area contributed by atoms with Crippen LogP contribution in [0.15, 0.2) is 53.5 Å². The Hall–Kier alpha value is -2.09. The van der Waals surface area contributed by atoms with Gasteiger partial charge in [0.1, 0.15) is 15.7 Å². The van der Waals surface area contributed by atoms with Gasteiger partial charge < -0.3 is 5.32 Å². The van der Waals surface area contributed by atoms with Crippen molar-refractivity contribution in [3.05, 3.63) is 65.2 Å². The molecular weight excluding hydrogens is 408 g/mol. The molecule has 3 rings (SSSR count). The van der Waals surface area contributed by atoms with Crippen LogP contribution in [0.3, 0.4) is 0 Å². The van der Waals surface area contributed by atoms with Gasteiger partial charge in [-0.05, 0) is 36.1 Å². The number of hydrogen-bond acceptors (Lipinski definition) is 6. The molecule has 2 aromatic carbocycles. The van der Waals surface area contributed by atoms with Gasteiger partial charge in [-0.3, -0.25) is 10.0 Å². The van der Waals surface area contributed by atoms with E-state index in [1.165, 1.54) is 11.1 Å². The maximum absolute atomic E-state index is 11.5. The third kappa shape index (κ3) is 6.73. The van der Waals surface area contributed by atoms with Crippen molar-refractivity contribution >= 4 is 33.8 Å². The molecule has 1 aliphatic heterocycles. The number of anilines is 1. The molecule has 0 aliphatic carbocycles. The summed E-state index contributed by atoms with van der Waals surface area (Å²) in [5.41, 5.74) is 4.52. The van der Waals surface area contributed by atoms with Crippen LogP contribution in [0.5, 0.6) is 0 Å². The van der Waals surface area contributed by atoms with Gasteiger partial charge >= 0.3 is 0 Å². The van der Waals surface area contributed by atoms with Gasteiger partial charge in [0, 0.05) is 23.5 Å². The monoisotopic (exact) mass is 436 g/mol. The van der Waals surface area contributed by atoms with E-state index < -0.39 is 9.84 Å². The zero-order valence-corrected chi connectivity index (χ0v) is 18.3. The number of sulfone groups is 1. The highest BCUT2D eigenvalue weighted by Crippen LogP contribution is 2.16. The summed E-state index contributed by atoms with van der Waals surface area (Å²) in [4.78, 5) is 4.44. The normalized spacial score (nSPS) is 13.7. The number of aliphatic imine (C=N–C) groups is 1. The second-order valence-electron chi connectivity index (χ2n) is 6.99. The molecule has 0 spiro atoms. The summed E-state index contributed by atoms with van der Waals surface area (Å²) in [5.74, 6) is 7.23. The van der Waals surface area contributed by atoms with E-state index in [9.17, 15) is 8.42 Å². The van der Waals surface area contributed by atoms with Crippen molar-refractivity contribution in [1.82, 2.24) is 5.01 Å². The van der Waals surface area contributed by atoms with Crippen molar-refractivity contribution in [3.63, 3.8) is 0 Å². The Morgan fingerprint density at radius 3 is 2.24 bits per heavy atom. The summed E-state index contributed by atoms with van der Waals surface area (Å²) in [6.07, 6.45) is 1.48. The minimum Gasteiger partial charge on any atom is -0.385 e. The van der Waals surface area contributed by atoms with Crippen LogP contribution in [0.1, 0.15) is 30.0 Å². The van der Waals surface area contributed by atoms with E-state index in [0.717, 1.165) is 36.6 Å². The molecule has 158 valence electrons. The number of hydrogen-bond donors (Lipinski definition) is 2. The number of halogens is 1. The number of amidine groups is 1. The molecular formula is C21H29ClN4O2S. The molecule has 0 atom stereocenters. The zero-order chi connectivity index (χ0) is 20.0. The van der Waals surface area contributed by atoms with Crippen molar-refractivity contribution < 1.29 is 8.42 Å². The Kier molecular flexibility index (Phi) is 8.49. The predicted molar refractivity (Wildman–Crippen MR) is 123 cm³/mol. The van der Waals surface area contributed by atoms with E-state index >= 15 is 0 Å². The SMILES string of the molecule is CCS(=O)(=O)CCCNc1ccc(Cc2ccc(C3=NCCN3N)cc2)cc1.Cl. The van der Waals surface area contributed by atoms with Gasteiger partial charge in [-0.1, -0.05) is 43.3 Å². The maximum atomic E-state index is 11.5. The summed E-state index contributed by atoms with van der Waals surface area (Å²) in [7, 11) is -2.88. The summed E-state index contributed by atoms with van der Waals surface area (Å²) >= 11 is 0. The summed E-state index contributed by atoms with van der Waals surface area (Å²) in [6.45, 7) is 3.86. The second-order valence-corrected chi connectivity index (χ2v) is 9.46. The highest BCUT2D eigenvalue weighted by Gasteiger charge is 2.14. The van der Waals surface area contributed by atoms with Gasteiger partial charge in [0.2, 0.25) is 0 Å². The first-order valence-electron chi connectivity index (χ1n) is 9.66. The number of nitrogens with two attached hydrogens (primary N) is 1. The molecule has 0 unspecified atom stereocenters. The molecule has 0 amide bonds. The van der Waals surface area contributed by atoms with Crippen molar-refractivity contribution in [2.24, 2.45) is 10.8 Å². The molecule has 0 saturated carbocycles. The molecule has 29 heavy (non-hydrogen) atoms. The topological polar surface area (TPSA) is 87.8 Å².